The minimum atomic E-state index is 0. The van der Waals surface area contributed by atoms with Gasteiger partial charge in [-0.25, -0.2) is 0 Å². The summed E-state index contributed by atoms with van der Waals surface area (Å²) in [6.45, 7) is 7.38. The summed E-state index contributed by atoms with van der Waals surface area (Å²) in [7, 11) is 0. The Balaban J connectivity index is 0.000001000. The van der Waals surface area contributed by atoms with Gasteiger partial charge >= 0.3 is 0 Å². The van der Waals surface area contributed by atoms with Crippen molar-refractivity contribution in [3.63, 3.8) is 0 Å². The van der Waals surface area contributed by atoms with Crippen LogP contribution >= 0.6 is 0 Å². The van der Waals surface area contributed by atoms with E-state index >= 15 is 0 Å². The molecule has 0 fully saturated rings. The third-order valence-electron chi connectivity index (χ3n) is 1.44. The first-order chi connectivity index (χ1) is 4.88. The van der Waals surface area contributed by atoms with Gasteiger partial charge in [0.15, 0.2) is 0 Å². The largest absolute Gasteiger partial charge is 0.0984 e. The molecule has 1 aromatic rings. The molecule has 0 N–H and O–H groups in total. The molecule has 0 nitrogen and oxygen atoms in total. The predicted octanol–water partition coefficient (Wildman–Crippen LogP) is 3.05. The van der Waals surface area contributed by atoms with E-state index in [1.165, 1.54) is 0 Å². The minimum Gasteiger partial charge on any atom is -0.0984 e. The lowest BCUT2D eigenvalue weighted by atomic mass is 10.1. The Labute approximate surface area is 68.9 Å². The first kappa shape index (κ1) is 9.70. The van der Waals surface area contributed by atoms with E-state index < -0.39 is 0 Å². The summed E-state index contributed by atoms with van der Waals surface area (Å²) in [5.41, 5.74) is 2.27. The van der Waals surface area contributed by atoms with E-state index in [9.17, 15) is 0 Å². The summed E-state index contributed by atoms with van der Waals surface area (Å²) in [5.74, 6) is 0. The van der Waals surface area contributed by atoms with E-state index in [0.717, 1.165) is 11.1 Å². The molecule has 0 amide bonds. The first-order valence-corrected chi connectivity index (χ1v) is 3.22. The van der Waals surface area contributed by atoms with Crippen LogP contribution in [0, 0.1) is 7.43 Å². The zero-order chi connectivity index (χ0) is 7.40. The third-order valence-corrected chi connectivity index (χ3v) is 1.44. The Hall–Kier alpha value is -1.30. The normalized spacial score (nSPS) is 8.00. The highest BCUT2D eigenvalue weighted by Gasteiger charge is 1.89. The molecule has 0 aliphatic heterocycles. The van der Waals surface area contributed by atoms with Crippen LogP contribution in [-0.2, 0) is 0 Å². The molecule has 54 valence electrons. The number of rotatable bonds is 2. The van der Waals surface area contributed by atoms with Gasteiger partial charge in [-0.15, -0.1) is 0 Å². The van der Waals surface area contributed by atoms with Crippen molar-refractivity contribution in [2.75, 3.05) is 0 Å². The molecule has 0 heteroatoms. The number of hydrogen-bond acceptors (Lipinski definition) is 0. The third kappa shape index (κ3) is 2.08. The van der Waals surface area contributed by atoms with Crippen LogP contribution in [0.15, 0.2) is 37.4 Å². The van der Waals surface area contributed by atoms with Gasteiger partial charge in [0.1, 0.15) is 0 Å². The van der Waals surface area contributed by atoms with Gasteiger partial charge in [0.25, 0.3) is 0 Å². The maximum Gasteiger partial charge on any atom is 0 e. The molecule has 0 aromatic heterocycles. The summed E-state index contributed by atoms with van der Waals surface area (Å²) < 4.78 is 0. The lowest BCUT2D eigenvalue weighted by Gasteiger charge is -1.96. The molecule has 0 saturated carbocycles. The van der Waals surface area contributed by atoms with E-state index in [0.29, 0.717) is 0 Å². The molecule has 0 unspecified atom stereocenters. The topological polar surface area (TPSA) is 0 Å². The molecule has 0 aliphatic rings. The molecule has 0 atom stereocenters. The lowest BCUT2D eigenvalue weighted by Crippen LogP contribution is -1.76. The van der Waals surface area contributed by atoms with E-state index in [-0.39, 0.29) is 7.43 Å². The van der Waals surface area contributed by atoms with Gasteiger partial charge in [-0.1, -0.05) is 49.6 Å². The van der Waals surface area contributed by atoms with E-state index in [4.69, 9.17) is 0 Å². The molecule has 0 bridgehead atoms. The molecular formula is C11H10. The van der Waals surface area contributed by atoms with E-state index in [2.05, 4.69) is 13.2 Å². The van der Waals surface area contributed by atoms with Crippen LogP contribution in [0.2, 0.25) is 0 Å². The average Bonchev–Trinajstić information content (AvgIpc) is 2.04. The summed E-state index contributed by atoms with van der Waals surface area (Å²) >= 11 is 0. The Morgan fingerprint density at radius 3 is 1.55 bits per heavy atom. The fourth-order valence-corrected chi connectivity index (χ4v) is 0.883. The van der Waals surface area contributed by atoms with Crippen molar-refractivity contribution in [3.8, 4) is 0 Å². The van der Waals surface area contributed by atoms with Gasteiger partial charge in [0.2, 0.25) is 0 Å². The highest BCUT2D eigenvalue weighted by atomic mass is 13.9. The van der Waals surface area contributed by atoms with Gasteiger partial charge in [-0.05, 0) is 11.1 Å². The molecule has 0 aliphatic carbocycles. The second-order valence-corrected chi connectivity index (χ2v) is 2.04. The number of hydrogen-bond donors (Lipinski definition) is 0. The SMILES string of the molecule is C=Cc1ccccc1C=C.[C]. The van der Waals surface area contributed by atoms with Gasteiger partial charge in [-0.2, -0.15) is 0 Å². The molecule has 0 spiro atoms. The Morgan fingerprint density at radius 1 is 0.909 bits per heavy atom. The molecule has 1 aromatic carbocycles. The fraction of sp³-hybridized carbons (Fsp3) is 0. The van der Waals surface area contributed by atoms with Crippen LogP contribution < -0.4 is 0 Å². The molecule has 4 radical (unpaired) electrons. The van der Waals surface area contributed by atoms with Gasteiger partial charge in [0, 0.05) is 7.43 Å². The Morgan fingerprint density at radius 2 is 1.27 bits per heavy atom. The minimum absolute atomic E-state index is 0. The second-order valence-electron chi connectivity index (χ2n) is 2.04. The molecule has 11 heavy (non-hydrogen) atoms. The quantitative estimate of drug-likeness (QED) is 0.595. The molecule has 0 saturated heterocycles. The van der Waals surface area contributed by atoms with Crippen molar-refractivity contribution in [3.05, 3.63) is 56.0 Å². The average molecular weight is 142 g/mol. The van der Waals surface area contributed by atoms with Crippen LogP contribution in [0.25, 0.3) is 12.2 Å². The monoisotopic (exact) mass is 142 g/mol. The highest BCUT2D eigenvalue weighted by Crippen LogP contribution is 2.10. The van der Waals surface area contributed by atoms with Gasteiger partial charge in [0.05, 0.1) is 0 Å². The standard InChI is InChI=1S/C10H10.C/c1-3-9-7-5-6-8-10(9)4-2;/h3-8H,1-2H2;. The van der Waals surface area contributed by atoms with Crippen molar-refractivity contribution >= 4 is 12.2 Å². The second kappa shape index (κ2) is 4.51. The summed E-state index contributed by atoms with van der Waals surface area (Å²) in [4.78, 5) is 0. The molecular weight excluding hydrogens is 132 g/mol. The first-order valence-electron chi connectivity index (χ1n) is 3.22. The van der Waals surface area contributed by atoms with Crippen LogP contribution in [-0.4, -0.2) is 0 Å². The highest BCUT2D eigenvalue weighted by molar-refractivity contribution is 5.63. The lowest BCUT2D eigenvalue weighted by molar-refractivity contribution is 1.62. The van der Waals surface area contributed by atoms with Crippen molar-refractivity contribution in [2.45, 2.75) is 0 Å². The molecule has 1 rings (SSSR count). The van der Waals surface area contributed by atoms with Gasteiger partial charge < -0.3 is 0 Å². The van der Waals surface area contributed by atoms with Crippen molar-refractivity contribution in [2.24, 2.45) is 0 Å². The van der Waals surface area contributed by atoms with E-state index in [1.807, 2.05) is 36.4 Å². The van der Waals surface area contributed by atoms with Crippen LogP contribution in [0.4, 0.5) is 0 Å². The zero-order valence-corrected chi connectivity index (χ0v) is 6.38. The number of benzene rings is 1. The van der Waals surface area contributed by atoms with Crippen LogP contribution in [0.5, 0.6) is 0 Å². The maximum absolute atomic E-state index is 3.69. The summed E-state index contributed by atoms with van der Waals surface area (Å²) in [5, 5.41) is 0. The summed E-state index contributed by atoms with van der Waals surface area (Å²) in [6.07, 6.45) is 3.66. The Bertz CT molecular complexity index is 219. The molecule has 0 heterocycles. The smallest absolute Gasteiger partial charge is 0 e. The van der Waals surface area contributed by atoms with Crippen molar-refractivity contribution < 1.29 is 0 Å². The van der Waals surface area contributed by atoms with Crippen LogP contribution in [0.1, 0.15) is 11.1 Å². The van der Waals surface area contributed by atoms with Crippen LogP contribution in [0.3, 0.4) is 0 Å². The Kier molecular flexibility index (Phi) is 3.97. The van der Waals surface area contributed by atoms with Crippen molar-refractivity contribution in [1.29, 1.82) is 0 Å². The van der Waals surface area contributed by atoms with Crippen molar-refractivity contribution in [1.82, 2.24) is 0 Å². The fourth-order valence-electron chi connectivity index (χ4n) is 0.883. The predicted molar refractivity (Wildman–Crippen MR) is 49.9 cm³/mol. The summed E-state index contributed by atoms with van der Waals surface area (Å²) in [6, 6.07) is 8.02. The maximum atomic E-state index is 3.69. The van der Waals surface area contributed by atoms with Gasteiger partial charge in [-0.3, -0.25) is 0 Å². The van der Waals surface area contributed by atoms with E-state index in [1.54, 1.807) is 0 Å². The zero-order valence-electron chi connectivity index (χ0n) is 6.38.